The fourth-order valence-electron chi connectivity index (χ4n) is 4.79. The Balaban J connectivity index is 1.46. The zero-order valence-corrected chi connectivity index (χ0v) is 21.9. The number of cyclic esters (lactones) is 1. The molecule has 194 valence electrons. The van der Waals surface area contributed by atoms with Crippen LogP contribution in [0.2, 0.25) is 0 Å². The van der Waals surface area contributed by atoms with E-state index in [1.807, 2.05) is 39.0 Å². The number of pyridine rings is 2. The monoisotopic (exact) mass is 503 g/mol. The summed E-state index contributed by atoms with van der Waals surface area (Å²) < 4.78 is 11.8. The highest BCUT2D eigenvalue weighted by molar-refractivity contribution is 5.94. The molecule has 9 nitrogen and oxygen atoms in total. The summed E-state index contributed by atoms with van der Waals surface area (Å²) in [6.45, 7) is 10.6. The molecule has 3 aromatic rings. The van der Waals surface area contributed by atoms with E-state index in [4.69, 9.17) is 20.2 Å². The Kier molecular flexibility index (Phi) is 6.27. The molecule has 0 bridgehead atoms. The predicted molar refractivity (Wildman–Crippen MR) is 141 cm³/mol. The summed E-state index contributed by atoms with van der Waals surface area (Å²) in [5.74, 6) is 1.55. The van der Waals surface area contributed by atoms with Gasteiger partial charge in [0.15, 0.2) is 0 Å². The number of hydrogen-bond donors (Lipinski definition) is 2. The lowest BCUT2D eigenvalue weighted by Gasteiger charge is -2.38. The Morgan fingerprint density at radius 2 is 2.00 bits per heavy atom. The van der Waals surface area contributed by atoms with Crippen molar-refractivity contribution in [2.24, 2.45) is 5.73 Å². The van der Waals surface area contributed by atoms with Crippen LogP contribution < -0.4 is 15.8 Å². The van der Waals surface area contributed by atoms with Crippen LogP contribution in [-0.2, 0) is 9.53 Å². The van der Waals surface area contributed by atoms with Crippen LogP contribution in [0.1, 0.15) is 74.6 Å². The fraction of sp³-hybridized carbons (Fsp3) is 0.429. The van der Waals surface area contributed by atoms with Gasteiger partial charge in [0.25, 0.3) is 0 Å². The molecule has 2 aliphatic heterocycles. The summed E-state index contributed by atoms with van der Waals surface area (Å²) in [6.07, 6.45) is 2.52. The third-order valence-corrected chi connectivity index (χ3v) is 7.53. The Labute approximate surface area is 216 Å². The van der Waals surface area contributed by atoms with Crippen molar-refractivity contribution in [1.29, 1.82) is 0 Å². The zero-order chi connectivity index (χ0) is 26.5. The highest BCUT2D eigenvalue weighted by Gasteiger charge is 2.40. The number of carbonyl (C=O) groups is 2. The lowest BCUT2D eigenvalue weighted by atomic mass is 9.84. The summed E-state index contributed by atoms with van der Waals surface area (Å²) >= 11 is 0. The Hall–Kier alpha value is -3.72. The molecule has 2 aromatic heterocycles. The summed E-state index contributed by atoms with van der Waals surface area (Å²) in [7, 11) is 0. The highest BCUT2D eigenvalue weighted by Crippen LogP contribution is 2.38. The molecule has 3 N–H and O–H groups in total. The maximum absolute atomic E-state index is 12.4. The van der Waals surface area contributed by atoms with Crippen LogP contribution in [0.25, 0.3) is 10.8 Å². The molecular weight excluding hydrogens is 470 g/mol. The second-order valence-corrected chi connectivity index (χ2v) is 10.4. The smallest absolute Gasteiger partial charge is 0.340 e. The van der Waals surface area contributed by atoms with E-state index in [9.17, 15) is 9.59 Å². The number of fused-ring (bicyclic) bond motifs is 2. The van der Waals surface area contributed by atoms with Crippen LogP contribution in [0, 0.1) is 0 Å². The topological polar surface area (TPSA) is 120 Å². The minimum absolute atomic E-state index is 0.0479. The van der Waals surface area contributed by atoms with Crippen molar-refractivity contribution in [2.75, 3.05) is 18.4 Å². The molecule has 1 aromatic carbocycles. The average molecular weight is 504 g/mol. The number of rotatable bonds is 6. The van der Waals surface area contributed by atoms with E-state index in [0.29, 0.717) is 36.0 Å². The van der Waals surface area contributed by atoms with Crippen LogP contribution in [0.15, 0.2) is 36.5 Å². The van der Waals surface area contributed by atoms with Crippen molar-refractivity contribution in [3.8, 4) is 5.75 Å². The summed E-state index contributed by atoms with van der Waals surface area (Å²) in [6, 6.07) is 9.26. The van der Waals surface area contributed by atoms with Crippen molar-refractivity contribution in [1.82, 2.24) is 14.9 Å². The predicted octanol–water partition coefficient (Wildman–Crippen LogP) is 4.45. The molecular formula is C28H33N5O4. The number of nitrogens with two attached hydrogens (primary N) is 1. The first-order chi connectivity index (χ1) is 17.6. The average Bonchev–Trinajstić information content (AvgIpc) is 2.83. The van der Waals surface area contributed by atoms with E-state index >= 15 is 0 Å². The van der Waals surface area contributed by atoms with Gasteiger partial charge in [0.05, 0.1) is 24.3 Å². The van der Waals surface area contributed by atoms with Gasteiger partial charge < -0.3 is 25.4 Å². The molecule has 0 unspecified atom stereocenters. The molecule has 0 spiro atoms. The minimum Gasteiger partial charge on any atom is -0.486 e. The molecule has 5 rings (SSSR count). The normalized spacial score (nSPS) is 19.6. The van der Waals surface area contributed by atoms with Gasteiger partial charge in [0, 0.05) is 30.5 Å². The van der Waals surface area contributed by atoms with Crippen LogP contribution in [0.4, 0.5) is 11.6 Å². The SMILES string of the molecule is CC[C@H](N)c1ccc(OC2CN(C(C)=O)C2)c2cnc(Nc3ccc4c(n3)[C@@H](C)C(C)(C)OC4=O)cc12. The van der Waals surface area contributed by atoms with Crippen LogP contribution in [0.5, 0.6) is 5.75 Å². The van der Waals surface area contributed by atoms with Crippen LogP contribution in [-0.4, -0.2) is 51.5 Å². The van der Waals surface area contributed by atoms with Gasteiger partial charge in [-0.05, 0) is 55.5 Å². The minimum atomic E-state index is -0.639. The molecule has 37 heavy (non-hydrogen) atoms. The van der Waals surface area contributed by atoms with E-state index in [1.165, 1.54) is 0 Å². The number of anilines is 2. The van der Waals surface area contributed by atoms with Gasteiger partial charge in [-0.15, -0.1) is 0 Å². The molecule has 2 atom stereocenters. The van der Waals surface area contributed by atoms with Gasteiger partial charge >= 0.3 is 5.97 Å². The van der Waals surface area contributed by atoms with Gasteiger partial charge in [-0.1, -0.05) is 19.9 Å². The van der Waals surface area contributed by atoms with Crippen molar-refractivity contribution >= 4 is 34.3 Å². The summed E-state index contributed by atoms with van der Waals surface area (Å²) in [5.41, 5.74) is 8.01. The maximum atomic E-state index is 12.4. The lowest BCUT2D eigenvalue weighted by Crippen LogP contribution is -2.55. The number of benzene rings is 1. The number of amides is 1. The van der Waals surface area contributed by atoms with Gasteiger partial charge in [-0.3, -0.25) is 4.79 Å². The van der Waals surface area contributed by atoms with Crippen molar-refractivity contribution < 1.29 is 19.1 Å². The zero-order valence-electron chi connectivity index (χ0n) is 21.9. The van der Waals surface area contributed by atoms with Crippen LogP contribution >= 0.6 is 0 Å². The number of ether oxygens (including phenoxy) is 2. The number of likely N-dealkylation sites (tertiary alicyclic amines) is 1. The van der Waals surface area contributed by atoms with E-state index < -0.39 is 5.60 Å². The molecule has 1 saturated heterocycles. The molecule has 0 saturated carbocycles. The number of hydrogen-bond acceptors (Lipinski definition) is 8. The molecule has 1 amide bonds. The maximum Gasteiger partial charge on any atom is 0.340 e. The third-order valence-electron chi connectivity index (χ3n) is 7.53. The number of aromatic nitrogens is 2. The lowest BCUT2D eigenvalue weighted by molar-refractivity contribution is -0.137. The summed E-state index contributed by atoms with van der Waals surface area (Å²) in [4.78, 5) is 35.1. The van der Waals surface area contributed by atoms with E-state index in [1.54, 1.807) is 30.2 Å². The first-order valence-corrected chi connectivity index (χ1v) is 12.7. The Morgan fingerprint density at radius 3 is 2.70 bits per heavy atom. The Morgan fingerprint density at radius 1 is 1.24 bits per heavy atom. The standard InChI is InChI=1S/C28H33N5O4/c1-6-22(29)18-7-9-23(36-17-13-33(14-17)16(3)34)21-12-30-25(11-20(18)21)31-24-10-8-19-26(32-24)15(2)28(4,5)37-27(19)35/h7-12,15,17,22H,6,13-14,29H2,1-5H3,(H,30,31,32)/t15-,22+/m1/s1. The first-order valence-electron chi connectivity index (χ1n) is 12.7. The molecule has 1 fully saturated rings. The van der Waals surface area contributed by atoms with Gasteiger partial charge in [0.1, 0.15) is 29.1 Å². The van der Waals surface area contributed by atoms with Crippen molar-refractivity contribution in [2.45, 2.75) is 64.7 Å². The van der Waals surface area contributed by atoms with Gasteiger partial charge in [0.2, 0.25) is 5.91 Å². The number of esters is 1. The molecule has 4 heterocycles. The van der Waals surface area contributed by atoms with E-state index in [-0.39, 0.29) is 29.9 Å². The van der Waals surface area contributed by atoms with E-state index in [0.717, 1.165) is 28.5 Å². The number of nitrogens with zero attached hydrogens (tertiary/aromatic N) is 3. The summed E-state index contributed by atoms with van der Waals surface area (Å²) in [5, 5.41) is 5.11. The van der Waals surface area contributed by atoms with Crippen molar-refractivity contribution in [3.63, 3.8) is 0 Å². The molecule has 2 aliphatic rings. The molecule has 9 heteroatoms. The molecule has 0 aliphatic carbocycles. The first kappa shape index (κ1) is 25.0. The Bertz CT molecular complexity index is 1380. The highest BCUT2D eigenvalue weighted by atomic mass is 16.6. The third kappa shape index (κ3) is 4.59. The van der Waals surface area contributed by atoms with Crippen LogP contribution in [0.3, 0.4) is 0 Å². The van der Waals surface area contributed by atoms with Gasteiger partial charge in [-0.2, -0.15) is 0 Å². The second kappa shape index (κ2) is 9.30. The van der Waals surface area contributed by atoms with E-state index in [2.05, 4.69) is 17.2 Å². The number of nitrogens with one attached hydrogen (secondary N) is 1. The van der Waals surface area contributed by atoms with Gasteiger partial charge in [-0.25, -0.2) is 14.8 Å². The quantitative estimate of drug-likeness (QED) is 0.474. The largest absolute Gasteiger partial charge is 0.486 e. The van der Waals surface area contributed by atoms with Crippen molar-refractivity contribution in [3.05, 3.63) is 53.3 Å². The molecule has 0 radical (unpaired) electrons. The number of carbonyl (C=O) groups excluding carboxylic acids is 2. The second-order valence-electron chi connectivity index (χ2n) is 10.4. The fourth-order valence-corrected chi connectivity index (χ4v) is 4.79.